The Morgan fingerprint density at radius 2 is 1.86 bits per heavy atom. The maximum Gasteiger partial charge on any atom is 0.317 e. The molecule has 2 amide bonds. The summed E-state index contributed by atoms with van der Waals surface area (Å²) in [5.74, 6) is 2.02. The van der Waals surface area contributed by atoms with E-state index >= 15 is 0 Å². The van der Waals surface area contributed by atoms with Crippen molar-refractivity contribution in [2.75, 3.05) is 45.3 Å². The van der Waals surface area contributed by atoms with E-state index in [9.17, 15) is 4.79 Å². The van der Waals surface area contributed by atoms with Crippen molar-refractivity contribution in [2.24, 2.45) is 0 Å². The summed E-state index contributed by atoms with van der Waals surface area (Å²) in [6.45, 7) is 6.97. The summed E-state index contributed by atoms with van der Waals surface area (Å²) in [5.41, 5.74) is 2.95. The van der Waals surface area contributed by atoms with E-state index in [1.54, 1.807) is 20.3 Å². The first-order chi connectivity index (χ1) is 13.5. The molecule has 8 heteroatoms. The van der Waals surface area contributed by atoms with E-state index in [0.717, 1.165) is 22.6 Å². The Balaban J connectivity index is 1.55. The number of aromatic nitrogens is 2. The maximum absolute atomic E-state index is 12.5. The third-order valence-corrected chi connectivity index (χ3v) is 4.92. The molecule has 8 nitrogen and oxygen atoms in total. The second-order valence-corrected chi connectivity index (χ2v) is 6.73. The summed E-state index contributed by atoms with van der Waals surface area (Å²) >= 11 is 0. The average molecular weight is 385 g/mol. The van der Waals surface area contributed by atoms with Crippen LogP contribution in [0.15, 0.2) is 24.3 Å². The number of nitrogens with zero attached hydrogens (tertiary/aromatic N) is 4. The first-order valence-corrected chi connectivity index (χ1v) is 9.31. The Bertz CT molecular complexity index is 835. The summed E-state index contributed by atoms with van der Waals surface area (Å²) in [5, 5.41) is 3.00. The number of carbonyl (C=O) groups is 1. The normalized spacial score (nSPS) is 14.0. The number of aryl methyl sites for hydroxylation is 1. The van der Waals surface area contributed by atoms with Crippen molar-refractivity contribution in [1.82, 2.24) is 20.2 Å². The number of nitrogens with one attached hydrogen (secondary N) is 1. The van der Waals surface area contributed by atoms with Gasteiger partial charge in [0.2, 0.25) is 11.8 Å². The van der Waals surface area contributed by atoms with Crippen molar-refractivity contribution in [1.29, 1.82) is 0 Å². The summed E-state index contributed by atoms with van der Waals surface area (Å²) in [6, 6.07) is 7.58. The van der Waals surface area contributed by atoms with Crippen LogP contribution in [0.3, 0.4) is 0 Å². The Morgan fingerprint density at radius 1 is 1.11 bits per heavy atom. The van der Waals surface area contributed by atoms with Crippen LogP contribution in [0.25, 0.3) is 0 Å². The van der Waals surface area contributed by atoms with Crippen molar-refractivity contribution in [3.05, 3.63) is 41.1 Å². The highest BCUT2D eigenvalue weighted by Crippen LogP contribution is 2.21. The van der Waals surface area contributed by atoms with Crippen molar-refractivity contribution in [2.45, 2.75) is 20.4 Å². The Morgan fingerprint density at radius 3 is 2.54 bits per heavy atom. The molecular weight excluding hydrogens is 358 g/mol. The van der Waals surface area contributed by atoms with Crippen LogP contribution in [-0.2, 0) is 6.54 Å². The molecule has 1 saturated heterocycles. The third kappa shape index (κ3) is 4.44. The third-order valence-electron chi connectivity index (χ3n) is 4.92. The highest BCUT2D eigenvalue weighted by molar-refractivity contribution is 5.74. The van der Waals surface area contributed by atoms with E-state index in [1.165, 1.54) is 0 Å². The lowest BCUT2D eigenvalue weighted by molar-refractivity contribution is 0.193. The minimum atomic E-state index is -0.0652. The first kappa shape index (κ1) is 19.7. The van der Waals surface area contributed by atoms with Gasteiger partial charge in [-0.3, -0.25) is 0 Å². The second-order valence-electron chi connectivity index (χ2n) is 6.73. The lowest BCUT2D eigenvalue weighted by Crippen LogP contribution is -2.52. The quantitative estimate of drug-likeness (QED) is 0.850. The number of amides is 2. The molecule has 0 unspecified atom stereocenters. The van der Waals surface area contributed by atoms with Crippen LogP contribution >= 0.6 is 0 Å². The predicted molar refractivity (Wildman–Crippen MR) is 107 cm³/mol. The number of hydrogen-bond donors (Lipinski definition) is 1. The molecule has 0 bridgehead atoms. The number of piperazine rings is 1. The van der Waals surface area contributed by atoms with Crippen molar-refractivity contribution in [3.63, 3.8) is 0 Å². The summed E-state index contributed by atoms with van der Waals surface area (Å²) in [7, 11) is 3.25. The topological polar surface area (TPSA) is 79.8 Å². The number of carbonyl (C=O) groups excluding carboxylic acids is 1. The molecule has 1 aliphatic heterocycles. The van der Waals surface area contributed by atoms with Gasteiger partial charge in [-0.05, 0) is 31.0 Å². The molecule has 28 heavy (non-hydrogen) atoms. The number of urea groups is 1. The van der Waals surface area contributed by atoms with Gasteiger partial charge >= 0.3 is 6.03 Å². The van der Waals surface area contributed by atoms with Gasteiger partial charge in [-0.15, -0.1) is 0 Å². The highest BCUT2D eigenvalue weighted by Gasteiger charge is 2.23. The zero-order valence-corrected chi connectivity index (χ0v) is 16.9. The number of benzene rings is 1. The number of methoxy groups -OCH3 is 2. The van der Waals surface area contributed by atoms with Gasteiger partial charge in [0.25, 0.3) is 0 Å². The molecule has 0 atom stereocenters. The Kier molecular flexibility index (Phi) is 6.18. The molecule has 1 N–H and O–H groups in total. The molecule has 1 aromatic carbocycles. The number of hydrogen-bond acceptors (Lipinski definition) is 6. The molecule has 1 aromatic heterocycles. The maximum atomic E-state index is 12.5. The van der Waals surface area contributed by atoms with Gasteiger partial charge < -0.3 is 24.6 Å². The molecule has 2 aromatic rings. The van der Waals surface area contributed by atoms with Crippen molar-refractivity contribution >= 4 is 12.0 Å². The van der Waals surface area contributed by atoms with Crippen LogP contribution in [-0.4, -0.2) is 61.3 Å². The van der Waals surface area contributed by atoms with Crippen LogP contribution < -0.4 is 19.7 Å². The Labute approximate surface area is 165 Å². The van der Waals surface area contributed by atoms with Gasteiger partial charge in [0.15, 0.2) is 0 Å². The largest absolute Gasteiger partial charge is 0.496 e. The highest BCUT2D eigenvalue weighted by atomic mass is 16.5. The lowest BCUT2D eigenvalue weighted by Gasteiger charge is -2.34. The summed E-state index contributed by atoms with van der Waals surface area (Å²) in [6.07, 6.45) is 0. The average Bonchev–Trinajstić information content (AvgIpc) is 2.72. The fraction of sp³-hybridized carbons (Fsp3) is 0.450. The van der Waals surface area contributed by atoms with Gasteiger partial charge in [0.05, 0.1) is 14.2 Å². The molecule has 0 saturated carbocycles. The zero-order valence-electron chi connectivity index (χ0n) is 16.9. The minimum absolute atomic E-state index is 0.0652. The van der Waals surface area contributed by atoms with Crippen LogP contribution in [0.2, 0.25) is 0 Å². The molecule has 0 aliphatic carbocycles. The molecule has 1 fully saturated rings. The zero-order chi connectivity index (χ0) is 20.1. The monoisotopic (exact) mass is 385 g/mol. The fourth-order valence-electron chi connectivity index (χ4n) is 3.24. The molecule has 1 aliphatic rings. The van der Waals surface area contributed by atoms with Crippen molar-refractivity contribution in [3.8, 4) is 11.6 Å². The lowest BCUT2D eigenvalue weighted by atomic mass is 10.1. The van der Waals surface area contributed by atoms with Gasteiger partial charge in [0, 0.05) is 44.5 Å². The summed E-state index contributed by atoms with van der Waals surface area (Å²) < 4.78 is 10.6. The SMILES string of the molecule is COc1cc(C)nc(N2CCN(C(=O)NCc3cccc(OC)c3C)CC2)n1. The van der Waals surface area contributed by atoms with Gasteiger partial charge in [-0.25, -0.2) is 9.78 Å². The molecule has 0 spiro atoms. The number of anilines is 1. The van der Waals surface area contributed by atoms with Crippen LogP contribution in [0.4, 0.5) is 10.7 Å². The van der Waals surface area contributed by atoms with Gasteiger partial charge in [-0.2, -0.15) is 4.98 Å². The molecule has 3 rings (SSSR count). The minimum Gasteiger partial charge on any atom is -0.496 e. The number of ether oxygens (including phenoxy) is 2. The van der Waals surface area contributed by atoms with E-state index in [2.05, 4.69) is 20.2 Å². The molecule has 150 valence electrons. The number of rotatable bonds is 5. The predicted octanol–water partition coefficient (Wildman–Crippen LogP) is 2.14. The molecule has 0 radical (unpaired) electrons. The second kappa shape index (κ2) is 8.77. The standard InChI is InChI=1S/C20H27N5O3/c1-14-12-18(28-4)23-19(22-14)24-8-10-25(11-9-24)20(26)21-13-16-6-5-7-17(27-3)15(16)2/h5-7,12H,8-11,13H2,1-4H3,(H,21,26). The van der Waals surface area contributed by atoms with Gasteiger partial charge in [0.1, 0.15) is 5.75 Å². The smallest absolute Gasteiger partial charge is 0.317 e. The molecular formula is C20H27N5O3. The van der Waals surface area contributed by atoms with E-state index < -0.39 is 0 Å². The first-order valence-electron chi connectivity index (χ1n) is 9.31. The van der Waals surface area contributed by atoms with E-state index in [4.69, 9.17) is 9.47 Å². The fourth-order valence-corrected chi connectivity index (χ4v) is 3.24. The summed E-state index contributed by atoms with van der Waals surface area (Å²) in [4.78, 5) is 25.3. The van der Waals surface area contributed by atoms with Crippen LogP contribution in [0.1, 0.15) is 16.8 Å². The van der Waals surface area contributed by atoms with Crippen molar-refractivity contribution < 1.29 is 14.3 Å². The van der Waals surface area contributed by atoms with E-state index in [-0.39, 0.29) is 6.03 Å². The van der Waals surface area contributed by atoms with Crippen LogP contribution in [0, 0.1) is 13.8 Å². The Hall–Kier alpha value is -3.03. The van der Waals surface area contributed by atoms with E-state index in [0.29, 0.717) is 44.6 Å². The van der Waals surface area contributed by atoms with Crippen LogP contribution in [0.5, 0.6) is 11.6 Å². The van der Waals surface area contributed by atoms with Gasteiger partial charge in [-0.1, -0.05) is 12.1 Å². The molecule has 2 heterocycles. The van der Waals surface area contributed by atoms with E-state index in [1.807, 2.05) is 36.9 Å².